The van der Waals surface area contributed by atoms with Gasteiger partial charge in [-0.3, -0.25) is 0 Å². The number of esters is 1. The summed E-state index contributed by atoms with van der Waals surface area (Å²) < 4.78 is 18.6. The molecule has 0 N–H and O–H groups in total. The zero-order chi connectivity index (χ0) is 16.5. The third kappa shape index (κ3) is 6.37. The third-order valence-corrected chi connectivity index (χ3v) is 4.06. The molecule has 0 saturated carbocycles. The molecule has 1 aromatic rings. The Morgan fingerprint density at radius 1 is 1.32 bits per heavy atom. The van der Waals surface area contributed by atoms with Crippen molar-refractivity contribution in [3.05, 3.63) is 39.6 Å². The van der Waals surface area contributed by atoms with E-state index in [0.29, 0.717) is 18.1 Å². The van der Waals surface area contributed by atoms with Crippen molar-refractivity contribution >= 4 is 35.2 Å². The lowest BCUT2D eigenvalue weighted by Crippen LogP contribution is -2.12. The summed E-state index contributed by atoms with van der Waals surface area (Å²) in [5, 5.41) is 0.233. The van der Waals surface area contributed by atoms with Gasteiger partial charge in [0.15, 0.2) is 0 Å². The van der Waals surface area contributed by atoms with Gasteiger partial charge in [0.05, 0.1) is 11.6 Å². The molecule has 0 fully saturated rings. The van der Waals surface area contributed by atoms with Gasteiger partial charge in [-0.1, -0.05) is 56.3 Å². The minimum absolute atomic E-state index is 0.0496. The van der Waals surface area contributed by atoms with Crippen molar-refractivity contribution in [3.63, 3.8) is 0 Å². The Morgan fingerprint density at radius 3 is 2.68 bits per heavy atom. The minimum atomic E-state index is -0.579. The van der Waals surface area contributed by atoms with Crippen LogP contribution < -0.4 is 0 Å². The van der Waals surface area contributed by atoms with E-state index in [4.69, 9.17) is 27.9 Å². The second-order valence-corrected chi connectivity index (χ2v) is 5.98. The normalized spacial score (nSPS) is 12.6. The average Bonchev–Trinajstić information content (AvgIpc) is 2.49. The van der Waals surface area contributed by atoms with Crippen molar-refractivity contribution in [2.45, 2.75) is 39.5 Å². The van der Waals surface area contributed by atoms with E-state index >= 15 is 0 Å². The molecule has 5 heteroatoms. The number of unbranched alkanes of at least 4 members (excludes halogenated alkanes) is 1. The van der Waals surface area contributed by atoms with Gasteiger partial charge in [-0.2, -0.15) is 0 Å². The summed E-state index contributed by atoms with van der Waals surface area (Å²) >= 11 is 11.6. The summed E-state index contributed by atoms with van der Waals surface area (Å²) in [6.07, 6.45) is 6.97. The zero-order valence-electron chi connectivity index (χ0n) is 12.9. The fourth-order valence-corrected chi connectivity index (χ4v) is 2.42. The van der Waals surface area contributed by atoms with Gasteiger partial charge in [-0.05, 0) is 36.1 Å². The van der Waals surface area contributed by atoms with Gasteiger partial charge in [0.25, 0.3) is 0 Å². The second kappa shape index (κ2) is 9.86. The van der Waals surface area contributed by atoms with Gasteiger partial charge in [0, 0.05) is 11.1 Å². The number of carbonyl (C=O) groups is 1. The molecule has 0 spiro atoms. The smallest absolute Gasteiger partial charge is 0.330 e. The number of benzene rings is 1. The molecule has 0 saturated heterocycles. The van der Waals surface area contributed by atoms with E-state index in [1.165, 1.54) is 24.3 Å². The van der Waals surface area contributed by atoms with Crippen molar-refractivity contribution in [2.24, 2.45) is 5.92 Å². The molecule has 0 bridgehead atoms. The highest BCUT2D eigenvalue weighted by Crippen LogP contribution is 2.25. The first kappa shape index (κ1) is 19.0. The highest BCUT2D eigenvalue weighted by molar-refractivity contribution is 6.35. The first-order valence-corrected chi connectivity index (χ1v) is 8.22. The molecular weight excluding hydrogens is 326 g/mol. The monoisotopic (exact) mass is 346 g/mol. The third-order valence-electron chi connectivity index (χ3n) is 3.44. The van der Waals surface area contributed by atoms with E-state index in [1.54, 1.807) is 0 Å². The number of hydrogen-bond donors (Lipinski definition) is 0. The van der Waals surface area contributed by atoms with Gasteiger partial charge >= 0.3 is 5.97 Å². The average molecular weight is 347 g/mol. The highest BCUT2D eigenvalue weighted by Gasteiger charge is 2.09. The van der Waals surface area contributed by atoms with Crippen LogP contribution in [-0.2, 0) is 9.53 Å². The van der Waals surface area contributed by atoms with Crippen molar-refractivity contribution in [2.75, 3.05) is 6.61 Å². The van der Waals surface area contributed by atoms with E-state index in [9.17, 15) is 9.18 Å². The molecule has 122 valence electrons. The molecule has 0 aromatic heterocycles. The van der Waals surface area contributed by atoms with E-state index in [2.05, 4.69) is 13.8 Å². The predicted molar refractivity (Wildman–Crippen MR) is 89.7 cm³/mol. The van der Waals surface area contributed by atoms with E-state index in [-0.39, 0.29) is 10.0 Å². The first-order chi connectivity index (χ1) is 10.5. The van der Waals surface area contributed by atoms with Crippen molar-refractivity contribution in [1.82, 2.24) is 0 Å². The molecule has 0 aliphatic rings. The fourth-order valence-electron chi connectivity index (χ4n) is 1.97. The number of hydrogen-bond acceptors (Lipinski definition) is 2. The van der Waals surface area contributed by atoms with Gasteiger partial charge in [0.2, 0.25) is 0 Å². The Labute approximate surface area is 141 Å². The standard InChI is InChI=1S/C17H21Cl2FO2/c1-3-5-6-12(4-2)11-22-17(21)8-7-13-9-16(20)15(19)10-14(13)18/h7-10,12H,3-6,11H2,1-2H3/b8-7+. The molecule has 0 heterocycles. The Morgan fingerprint density at radius 2 is 2.05 bits per heavy atom. The maximum atomic E-state index is 13.4. The SMILES string of the molecule is CCCCC(CC)COC(=O)/C=C/c1cc(F)c(Cl)cc1Cl. The molecule has 0 aliphatic heterocycles. The second-order valence-electron chi connectivity index (χ2n) is 5.17. The number of carbonyl (C=O) groups excluding carboxylic acids is 1. The van der Waals surface area contributed by atoms with Crippen LogP contribution in [0.3, 0.4) is 0 Å². The Balaban J connectivity index is 2.56. The van der Waals surface area contributed by atoms with Crippen molar-refractivity contribution in [1.29, 1.82) is 0 Å². The van der Waals surface area contributed by atoms with E-state index < -0.39 is 11.8 Å². The van der Waals surface area contributed by atoms with Crippen LogP contribution in [0.15, 0.2) is 18.2 Å². The molecule has 22 heavy (non-hydrogen) atoms. The molecule has 1 aromatic carbocycles. The van der Waals surface area contributed by atoms with Gasteiger partial charge < -0.3 is 4.74 Å². The summed E-state index contributed by atoms with van der Waals surface area (Å²) in [6, 6.07) is 2.49. The van der Waals surface area contributed by atoms with Crippen LogP contribution in [0.1, 0.15) is 45.1 Å². The van der Waals surface area contributed by atoms with Gasteiger partial charge in [0.1, 0.15) is 5.82 Å². The topological polar surface area (TPSA) is 26.3 Å². The van der Waals surface area contributed by atoms with Crippen molar-refractivity contribution < 1.29 is 13.9 Å². The predicted octanol–water partition coefficient (Wildman–Crippen LogP) is 5.91. The van der Waals surface area contributed by atoms with Crippen LogP contribution in [0.4, 0.5) is 4.39 Å². The van der Waals surface area contributed by atoms with Gasteiger partial charge in [-0.15, -0.1) is 0 Å². The van der Waals surface area contributed by atoms with Crippen LogP contribution >= 0.6 is 23.2 Å². The zero-order valence-corrected chi connectivity index (χ0v) is 14.4. The first-order valence-electron chi connectivity index (χ1n) is 7.47. The lowest BCUT2D eigenvalue weighted by molar-refractivity contribution is -0.139. The lowest BCUT2D eigenvalue weighted by Gasteiger charge is -2.13. The molecule has 1 atom stereocenters. The highest BCUT2D eigenvalue weighted by atomic mass is 35.5. The van der Waals surface area contributed by atoms with Crippen LogP contribution in [0.5, 0.6) is 0 Å². The van der Waals surface area contributed by atoms with Gasteiger partial charge in [-0.25, -0.2) is 9.18 Å². The summed E-state index contributed by atoms with van der Waals surface area (Å²) in [5.74, 6) is -0.653. The molecular formula is C17H21Cl2FO2. The molecule has 1 rings (SSSR count). The Hall–Kier alpha value is -1.06. The molecule has 1 unspecified atom stereocenters. The Kier molecular flexibility index (Phi) is 8.51. The summed E-state index contributed by atoms with van der Waals surface area (Å²) in [7, 11) is 0. The summed E-state index contributed by atoms with van der Waals surface area (Å²) in [6.45, 7) is 4.62. The van der Waals surface area contributed by atoms with Crippen LogP contribution in [0.2, 0.25) is 10.0 Å². The Bertz CT molecular complexity index is 530. The van der Waals surface area contributed by atoms with E-state index in [1.807, 2.05) is 0 Å². The van der Waals surface area contributed by atoms with Crippen LogP contribution in [0, 0.1) is 11.7 Å². The number of rotatable bonds is 8. The quantitative estimate of drug-likeness (QED) is 0.332. The van der Waals surface area contributed by atoms with Crippen LogP contribution in [-0.4, -0.2) is 12.6 Å². The molecule has 0 aliphatic carbocycles. The largest absolute Gasteiger partial charge is 0.462 e. The maximum absolute atomic E-state index is 13.4. The number of ether oxygens (including phenoxy) is 1. The number of halogens is 3. The molecule has 2 nitrogen and oxygen atoms in total. The van der Waals surface area contributed by atoms with Crippen molar-refractivity contribution in [3.8, 4) is 0 Å². The fraction of sp³-hybridized carbons (Fsp3) is 0.471. The minimum Gasteiger partial charge on any atom is -0.462 e. The van der Waals surface area contributed by atoms with Crippen LogP contribution in [0.25, 0.3) is 6.08 Å². The molecule has 0 radical (unpaired) electrons. The molecule has 0 amide bonds. The maximum Gasteiger partial charge on any atom is 0.330 e. The summed E-state index contributed by atoms with van der Waals surface area (Å²) in [4.78, 5) is 11.7. The lowest BCUT2D eigenvalue weighted by atomic mass is 10.0. The summed E-state index contributed by atoms with van der Waals surface area (Å²) in [5.41, 5.74) is 0.388. The van der Waals surface area contributed by atoms with E-state index in [0.717, 1.165) is 25.7 Å².